The van der Waals surface area contributed by atoms with E-state index in [1.54, 1.807) is 36.4 Å². The Labute approximate surface area is 148 Å². The molecule has 0 aromatic heterocycles. The Morgan fingerprint density at radius 1 is 0.760 bits per heavy atom. The Hall–Kier alpha value is -2.61. The fourth-order valence-electron chi connectivity index (χ4n) is 3.01. The molecule has 0 aliphatic rings. The summed E-state index contributed by atoms with van der Waals surface area (Å²) in [6.07, 6.45) is 4.80. The van der Waals surface area contributed by atoms with Gasteiger partial charge in [0.25, 0.3) is 0 Å². The molecule has 0 fully saturated rings. The molecular formula is C23H23FO. The van der Waals surface area contributed by atoms with Crippen LogP contribution in [0.25, 0.3) is 22.3 Å². The van der Waals surface area contributed by atoms with Gasteiger partial charge in [0, 0.05) is 5.56 Å². The highest BCUT2D eigenvalue weighted by molar-refractivity contribution is 5.71. The molecule has 3 aromatic rings. The van der Waals surface area contributed by atoms with Gasteiger partial charge in [-0.3, -0.25) is 0 Å². The molecule has 0 heterocycles. The molecule has 0 radical (unpaired) electrons. The third kappa shape index (κ3) is 4.27. The Balaban J connectivity index is 1.79. The monoisotopic (exact) mass is 334 g/mol. The number of benzene rings is 3. The molecule has 0 aliphatic heterocycles. The minimum atomic E-state index is -0.254. The van der Waals surface area contributed by atoms with Gasteiger partial charge in [0.2, 0.25) is 0 Å². The minimum absolute atomic E-state index is 0.180. The fraction of sp³-hybridized carbons (Fsp3) is 0.217. The van der Waals surface area contributed by atoms with Crippen molar-refractivity contribution in [3.05, 3.63) is 78.1 Å². The van der Waals surface area contributed by atoms with Crippen LogP contribution in [0.3, 0.4) is 0 Å². The van der Waals surface area contributed by atoms with E-state index < -0.39 is 0 Å². The van der Waals surface area contributed by atoms with Crippen LogP contribution in [-0.2, 0) is 6.42 Å². The number of aryl methyl sites for hydroxylation is 1. The topological polar surface area (TPSA) is 20.2 Å². The zero-order valence-corrected chi connectivity index (χ0v) is 14.5. The highest BCUT2D eigenvalue weighted by Crippen LogP contribution is 2.29. The van der Waals surface area contributed by atoms with Crippen LogP contribution in [0.4, 0.5) is 4.39 Å². The first-order valence-electron chi connectivity index (χ1n) is 8.85. The van der Waals surface area contributed by atoms with Crippen LogP contribution in [-0.4, -0.2) is 5.11 Å². The second-order valence-electron chi connectivity index (χ2n) is 6.40. The van der Waals surface area contributed by atoms with E-state index in [4.69, 9.17) is 0 Å². The lowest BCUT2D eigenvalue weighted by atomic mass is 9.98. The van der Waals surface area contributed by atoms with Crippen molar-refractivity contribution in [1.29, 1.82) is 0 Å². The summed E-state index contributed by atoms with van der Waals surface area (Å²) in [6, 6.07) is 20.3. The predicted molar refractivity (Wildman–Crippen MR) is 102 cm³/mol. The molecule has 0 bridgehead atoms. The van der Waals surface area contributed by atoms with Gasteiger partial charge >= 0.3 is 0 Å². The van der Waals surface area contributed by atoms with Gasteiger partial charge in [-0.2, -0.15) is 0 Å². The van der Waals surface area contributed by atoms with Crippen LogP contribution in [0.5, 0.6) is 5.75 Å². The molecule has 3 aromatic carbocycles. The summed E-state index contributed by atoms with van der Waals surface area (Å²) in [5.74, 6) is -0.0741. The summed E-state index contributed by atoms with van der Waals surface area (Å²) in [6.45, 7) is 2.21. The minimum Gasteiger partial charge on any atom is -0.508 e. The van der Waals surface area contributed by atoms with Gasteiger partial charge in [0.1, 0.15) is 11.6 Å². The maximum absolute atomic E-state index is 14.5. The molecule has 0 aliphatic carbocycles. The van der Waals surface area contributed by atoms with Gasteiger partial charge in [0.15, 0.2) is 0 Å². The summed E-state index contributed by atoms with van der Waals surface area (Å²) < 4.78 is 14.5. The van der Waals surface area contributed by atoms with Crippen LogP contribution in [0, 0.1) is 5.82 Å². The number of halogens is 1. The van der Waals surface area contributed by atoms with Crippen molar-refractivity contribution in [1.82, 2.24) is 0 Å². The lowest BCUT2D eigenvalue weighted by molar-refractivity contribution is 0.475. The van der Waals surface area contributed by atoms with Crippen molar-refractivity contribution in [3.63, 3.8) is 0 Å². The first kappa shape index (κ1) is 17.2. The summed E-state index contributed by atoms with van der Waals surface area (Å²) >= 11 is 0. The third-order valence-electron chi connectivity index (χ3n) is 4.50. The molecule has 0 amide bonds. The molecule has 0 atom stereocenters. The van der Waals surface area contributed by atoms with E-state index in [0.717, 1.165) is 23.1 Å². The molecular weight excluding hydrogens is 311 g/mol. The Kier molecular flexibility index (Phi) is 5.49. The first-order chi connectivity index (χ1) is 12.2. The second-order valence-corrected chi connectivity index (χ2v) is 6.40. The number of rotatable bonds is 6. The molecule has 1 nitrogen and oxygen atoms in total. The normalized spacial score (nSPS) is 10.8. The Morgan fingerprint density at radius 2 is 1.40 bits per heavy atom. The number of hydrogen-bond acceptors (Lipinski definition) is 1. The smallest absolute Gasteiger partial charge is 0.131 e. The van der Waals surface area contributed by atoms with Gasteiger partial charge in [-0.1, -0.05) is 68.3 Å². The lowest BCUT2D eigenvalue weighted by Crippen LogP contribution is -1.88. The van der Waals surface area contributed by atoms with Crippen molar-refractivity contribution in [2.24, 2.45) is 0 Å². The maximum atomic E-state index is 14.5. The van der Waals surface area contributed by atoms with Crippen molar-refractivity contribution in [3.8, 4) is 28.0 Å². The van der Waals surface area contributed by atoms with Crippen molar-refractivity contribution in [2.75, 3.05) is 0 Å². The molecule has 25 heavy (non-hydrogen) atoms. The van der Waals surface area contributed by atoms with E-state index in [2.05, 4.69) is 31.2 Å². The molecule has 128 valence electrons. The van der Waals surface area contributed by atoms with Crippen molar-refractivity contribution in [2.45, 2.75) is 32.6 Å². The van der Waals surface area contributed by atoms with Crippen LogP contribution < -0.4 is 0 Å². The third-order valence-corrected chi connectivity index (χ3v) is 4.50. The quantitative estimate of drug-likeness (QED) is 0.504. The SMILES string of the molecule is CCCCCc1ccc(-c2ccc(-c3ccc(O)cc3)c(F)c2)cc1. The van der Waals surface area contributed by atoms with E-state index in [1.165, 1.54) is 24.8 Å². The van der Waals surface area contributed by atoms with Crippen molar-refractivity contribution >= 4 is 0 Å². The Morgan fingerprint density at radius 3 is 2.04 bits per heavy atom. The standard InChI is InChI=1S/C23H23FO/c1-2-3-4-5-17-6-8-18(9-7-17)20-12-15-22(23(24)16-20)19-10-13-21(25)14-11-19/h6-16,25H,2-5H2,1H3. The van der Waals surface area contributed by atoms with Crippen LogP contribution in [0.1, 0.15) is 31.7 Å². The largest absolute Gasteiger partial charge is 0.508 e. The summed E-state index contributed by atoms with van der Waals surface area (Å²) in [5.41, 5.74) is 4.53. The van der Waals surface area contributed by atoms with Gasteiger partial charge in [-0.25, -0.2) is 4.39 Å². The van der Waals surface area contributed by atoms with Gasteiger partial charge < -0.3 is 5.11 Å². The number of phenols is 1. The zero-order chi connectivity index (χ0) is 17.6. The molecule has 1 N–H and O–H groups in total. The van der Waals surface area contributed by atoms with E-state index in [0.29, 0.717) is 5.56 Å². The van der Waals surface area contributed by atoms with Crippen LogP contribution in [0.15, 0.2) is 66.7 Å². The molecule has 0 unspecified atom stereocenters. The van der Waals surface area contributed by atoms with Crippen molar-refractivity contribution < 1.29 is 9.50 Å². The first-order valence-corrected chi connectivity index (χ1v) is 8.85. The molecule has 3 rings (SSSR count). The molecule has 0 saturated heterocycles. The average molecular weight is 334 g/mol. The zero-order valence-electron chi connectivity index (χ0n) is 14.5. The van der Waals surface area contributed by atoms with Gasteiger partial charge in [0.05, 0.1) is 0 Å². The van der Waals surface area contributed by atoms with Crippen LogP contribution >= 0.6 is 0 Å². The van der Waals surface area contributed by atoms with E-state index in [-0.39, 0.29) is 11.6 Å². The number of hydrogen-bond donors (Lipinski definition) is 1. The highest BCUT2D eigenvalue weighted by Gasteiger charge is 2.08. The van der Waals surface area contributed by atoms with Crippen LogP contribution in [0.2, 0.25) is 0 Å². The van der Waals surface area contributed by atoms with E-state index in [9.17, 15) is 9.50 Å². The lowest BCUT2D eigenvalue weighted by Gasteiger charge is -2.08. The average Bonchev–Trinajstić information content (AvgIpc) is 2.63. The van der Waals surface area contributed by atoms with Gasteiger partial charge in [-0.05, 0) is 53.3 Å². The molecule has 0 spiro atoms. The number of unbranched alkanes of at least 4 members (excludes halogenated alkanes) is 2. The summed E-state index contributed by atoms with van der Waals surface area (Å²) in [7, 11) is 0. The molecule has 0 saturated carbocycles. The fourth-order valence-corrected chi connectivity index (χ4v) is 3.01. The van der Waals surface area contributed by atoms with E-state index >= 15 is 0 Å². The summed E-state index contributed by atoms with van der Waals surface area (Å²) in [5, 5.41) is 9.36. The van der Waals surface area contributed by atoms with Gasteiger partial charge in [-0.15, -0.1) is 0 Å². The second kappa shape index (κ2) is 7.98. The Bertz CT molecular complexity index is 820. The number of aromatic hydroxyl groups is 1. The molecule has 2 heteroatoms. The maximum Gasteiger partial charge on any atom is 0.131 e. The van der Waals surface area contributed by atoms with E-state index in [1.807, 2.05) is 6.07 Å². The predicted octanol–water partition coefficient (Wildman–Crippen LogP) is 6.60. The number of phenolic OH excluding ortho intramolecular Hbond substituents is 1. The highest BCUT2D eigenvalue weighted by atomic mass is 19.1. The summed E-state index contributed by atoms with van der Waals surface area (Å²) in [4.78, 5) is 0.